The van der Waals surface area contributed by atoms with Crippen LogP contribution >= 0.6 is 0 Å². The van der Waals surface area contributed by atoms with Gasteiger partial charge in [0.25, 0.3) is 5.91 Å². The lowest BCUT2D eigenvalue weighted by Crippen LogP contribution is -2.56. The molecule has 2 fully saturated rings. The smallest absolute Gasteiger partial charge is 0.407 e. The van der Waals surface area contributed by atoms with Crippen molar-refractivity contribution in [1.82, 2.24) is 15.1 Å². The Hall–Kier alpha value is -3.17. The first-order chi connectivity index (χ1) is 16.9. The van der Waals surface area contributed by atoms with Crippen LogP contribution in [0.25, 0.3) is 0 Å². The van der Waals surface area contributed by atoms with Crippen molar-refractivity contribution in [2.45, 2.75) is 31.0 Å². The number of carbonyl (C=O) groups is 2. The van der Waals surface area contributed by atoms with E-state index in [1.165, 1.54) is 29.2 Å². The fourth-order valence-electron chi connectivity index (χ4n) is 5.31. The molecule has 2 aliphatic heterocycles. The number of piperazine rings is 1. The largest absolute Gasteiger partial charge is 0.465 e. The maximum absolute atomic E-state index is 13.4. The molecule has 2 atom stereocenters. The fourth-order valence-corrected chi connectivity index (χ4v) is 5.31. The molecular formula is C26H31FN4O4. The number of benzene rings is 2. The Bertz CT molecular complexity index is 1080. The predicted molar refractivity (Wildman–Crippen MR) is 129 cm³/mol. The highest BCUT2D eigenvalue weighted by Gasteiger charge is 2.36. The van der Waals surface area contributed by atoms with Crippen LogP contribution in [-0.2, 0) is 11.2 Å². The van der Waals surface area contributed by atoms with Gasteiger partial charge in [-0.2, -0.15) is 0 Å². The van der Waals surface area contributed by atoms with Crippen LogP contribution in [0.3, 0.4) is 0 Å². The van der Waals surface area contributed by atoms with E-state index in [0.29, 0.717) is 18.0 Å². The number of carbonyl (C=O) groups excluding carboxylic acids is 1. The van der Waals surface area contributed by atoms with Crippen molar-refractivity contribution in [3.05, 3.63) is 65.0 Å². The van der Waals surface area contributed by atoms with Gasteiger partial charge in [0.2, 0.25) is 0 Å². The third-order valence-electron chi connectivity index (χ3n) is 7.57. The Kier molecular flexibility index (Phi) is 6.62. The van der Waals surface area contributed by atoms with Gasteiger partial charge in [0.05, 0.1) is 31.3 Å². The van der Waals surface area contributed by atoms with Crippen molar-refractivity contribution < 1.29 is 23.8 Å². The summed E-state index contributed by atoms with van der Waals surface area (Å²) in [5, 5.41) is 12.7. The lowest BCUT2D eigenvalue weighted by Gasteiger charge is -2.43. The number of nitrogens with zero attached hydrogens (tertiary/aromatic N) is 3. The van der Waals surface area contributed by atoms with Crippen LogP contribution < -0.4 is 10.2 Å². The van der Waals surface area contributed by atoms with Crippen molar-refractivity contribution in [2.24, 2.45) is 0 Å². The summed E-state index contributed by atoms with van der Waals surface area (Å²) >= 11 is 0. The van der Waals surface area contributed by atoms with Crippen molar-refractivity contribution in [1.29, 1.82) is 0 Å². The molecule has 0 saturated carbocycles. The zero-order valence-corrected chi connectivity index (χ0v) is 19.8. The molecule has 1 aliphatic carbocycles. The molecule has 186 valence electrons. The SMILES string of the molecule is CN(C(=O)O)[C@H]1CCc2ccc(N3CCN(C4COC4)CC3)cc2[C@H]1NC(=O)c1ccc(F)cc1. The lowest BCUT2D eigenvalue weighted by atomic mass is 9.82. The zero-order valence-electron chi connectivity index (χ0n) is 19.8. The van der Waals surface area contributed by atoms with E-state index < -0.39 is 24.0 Å². The molecular weight excluding hydrogens is 451 g/mol. The van der Waals surface area contributed by atoms with Gasteiger partial charge in [-0.05, 0) is 60.4 Å². The normalized spacial score (nSPS) is 22.7. The van der Waals surface area contributed by atoms with Crippen molar-refractivity contribution in [3.63, 3.8) is 0 Å². The Morgan fingerprint density at radius 2 is 1.80 bits per heavy atom. The van der Waals surface area contributed by atoms with Gasteiger partial charge < -0.3 is 25.0 Å². The monoisotopic (exact) mass is 482 g/mol. The number of hydrogen-bond acceptors (Lipinski definition) is 5. The number of hydrogen-bond donors (Lipinski definition) is 2. The zero-order chi connectivity index (χ0) is 24.5. The maximum Gasteiger partial charge on any atom is 0.407 e. The van der Waals surface area contributed by atoms with Crippen LogP contribution in [0, 0.1) is 5.82 Å². The third kappa shape index (κ3) is 4.83. The maximum atomic E-state index is 13.4. The molecule has 0 unspecified atom stereocenters. The number of carboxylic acid groups (broad SMARTS) is 1. The van der Waals surface area contributed by atoms with E-state index in [4.69, 9.17) is 4.74 Å². The number of aryl methyl sites for hydroxylation is 1. The molecule has 0 bridgehead atoms. The summed E-state index contributed by atoms with van der Waals surface area (Å²) in [5.74, 6) is -0.768. The summed E-state index contributed by atoms with van der Waals surface area (Å²) in [6.45, 7) is 5.38. The van der Waals surface area contributed by atoms with E-state index >= 15 is 0 Å². The van der Waals surface area contributed by atoms with E-state index in [1.54, 1.807) is 7.05 Å². The van der Waals surface area contributed by atoms with Gasteiger partial charge in [-0.1, -0.05) is 6.07 Å². The van der Waals surface area contributed by atoms with Gasteiger partial charge in [-0.25, -0.2) is 9.18 Å². The number of halogens is 1. The number of amides is 2. The van der Waals surface area contributed by atoms with E-state index in [0.717, 1.165) is 62.6 Å². The summed E-state index contributed by atoms with van der Waals surface area (Å²) in [5.41, 5.74) is 3.46. The topological polar surface area (TPSA) is 85.4 Å². The minimum atomic E-state index is -1.04. The molecule has 0 spiro atoms. The molecule has 2 amide bonds. The van der Waals surface area contributed by atoms with Gasteiger partial charge in [-0.3, -0.25) is 9.69 Å². The van der Waals surface area contributed by atoms with Crippen LogP contribution in [0.1, 0.15) is 33.9 Å². The number of nitrogens with one attached hydrogen (secondary N) is 1. The van der Waals surface area contributed by atoms with Gasteiger partial charge in [0.15, 0.2) is 0 Å². The van der Waals surface area contributed by atoms with Crippen LogP contribution in [0.15, 0.2) is 42.5 Å². The number of rotatable bonds is 5. The Morgan fingerprint density at radius 3 is 2.43 bits per heavy atom. The number of ether oxygens (including phenoxy) is 1. The Labute approximate surface area is 204 Å². The molecule has 35 heavy (non-hydrogen) atoms. The minimum Gasteiger partial charge on any atom is -0.465 e. The quantitative estimate of drug-likeness (QED) is 0.682. The molecule has 0 aromatic heterocycles. The van der Waals surface area contributed by atoms with E-state index in [2.05, 4.69) is 33.3 Å². The molecule has 5 rings (SSSR count). The Morgan fingerprint density at radius 1 is 1.09 bits per heavy atom. The summed E-state index contributed by atoms with van der Waals surface area (Å²) in [4.78, 5) is 31.0. The molecule has 2 saturated heterocycles. The second-order valence-electron chi connectivity index (χ2n) is 9.55. The molecule has 8 nitrogen and oxygen atoms in total. The molecule has 2 heterocycles. The molecule has 9 heteroatoms. The highest BCUT2D eigenvalue weighted by atomic mass is 19.1. The molecule has 2 aromatic carbocycles. The number of likely N-dealkylation sites (N-methyl/N-ethyl adjacent to an activating group) is 1. The van der Waals surface area contributed by atoms with Crippen LogP contribution in [-0.4, -0.2) is 85.4 Å². The third-order valence-corrected chi connectivity index (χ3v) is 7.57. The summed E-state index contributed by atoms with van der Waals surface area (Å²) < 4.78 is 18.7. The standard InChI is InChI=1S/C26H31FN4O4/c1-29(26(33)34)23-9-5-17-4-8-20(30-10-12-31(13-11-30)21-15-35-16-21)14-22(17)24(23)28-25(32)18-2-6-19(27)7-3-18/h2-4,6-8,14,21,23-24H,5,9-13,15-16H2,1H3,(H,28,32)(H,33,34)/t23-,24+/m0/s1. The second-order valence-corrected chi connectivity index (χ2v) is 9.55. The number of anilines is 1. The fraction of sp³-hybridized carbons (Fsp3) is 0.462. The minimum absolute atomic E-state index is 0.336. The summed E-state index contributed by atoms with van der Waals surface area (Å²) in [6.07, 6.45) is 0.300. The van der Waals surface area contributed by atoms with Crippen LogP contribution in [0.2, 0.25) is 0 Å². The highest BCUT2D eigenvalue weighted by Crippen LogP contribution is 2.36. The average molecular weight is 483 g/mol. The van der Waals surface area contributed by atoms with Crippen molar-refractivity contribution in [3.8, 4) is 0 Å². The van der Waals surface area contributed by atoms with Gasteiger partial charge in [-0.15, -0.1) is 0 Å². The number of fused-ring (bicyclic) bond motifs is 1. The molecule has 3 aliphatic rings. The summed E-state index contributed by atoms with van der Waals surface area (Å²) in [7, 11) is 1.54. The first-order valence-electron chi connectivity index (χ1n) is 12.1. The Balaban J connectivity index is 1.40. The molecule has 0 radical (unpaired) electrons. The van der Waals surface area contributed by atoms with Gasteiger partial charge >= 0.3 is 6.09 Å². The molecule has 2 aromatic rings. The van der Waals surface area contributed by atoms with Crippen LogP contribution in [0.4, 0.5) is 14.9 Å². The highest BCUT2D eigenvalue weighted by molar-refractivity contribution is 5.94. The lowest BCUT2D eigenvalue weighted by molar-refractivity contribution is -0.0660. The average Bonchev–Trinajstić information content (AvgIpc) is 2.83. The van der Waals surface area contributed by atoms with Crippen molar-refractivity contribution in [2.75, 3.05) is 51.3 Å². The first-order valence-corrected chi connectivity index (χ1v) is 12.1. The van der Waals surface area contributed by atoms with E-state index in [1.807, 2.05) is 0 Å². The second kappa shape index (κ2) is 9.83. The van der Waals surface area contributed by atoms with Crippen molar-refractivity contribution >= 4 is 17.7 Å². The van der Waals surface area contributed by atoms with E-state index in [9.17, 15) is 19.1 Å². The molecule has 2 N–H and O–H groups in total. The van der Waals surface area contributed by atoms with Crippen LogP contribution in [0.5, 0.6) is 0 Å². The predicted octanol–water partition coefficient (Wildman–Crippen LogP) is 2.74. The van der Waals surface area contributed by atoms with E-state index in [-0.39, 0.29) is 5.91 Å². The van der Waals surface area contributed by atoms with Gasteiger partial charge in [0.1, 0.15) is 5.82 Å². The summed E-state index contributed by atoms with van der Waals surface area (Å²) in [6, 6.07) is 11.3. The van der Waals surface area contributed by atoms with Gasteiger partial charge in [0, 0.05) is 44.5 Å². The first kappa shape index (κ1) is 23.6.